The van der Waals surface area contributed by atoms with Crippen LogP contribution in [0.1, 0.15) is 38.4 Å². The number of nitrogens with zero attached hydrogens (tertiary/aromatic N) is 2. The fourth-order valence-corrected chi connectivity index (χ4v) is 5.81. The average Bonchev–Trinajstić information content (AvgIpc) is 3.29. The van der Waals surface area contributed by atoms with E-state index in [2.05, 4.69) is 15.2 Å². The lowest BCUT2D eigenvalue weighted by Crippen LogP contribution is -2.45. The largest absolute Gasteiger partial charge is 0.379 e. The topological polar surface area (TPSA) is 112 Å². The van der Waals surface area contributed by atoms with E-state index < -0.39 is 9.84 Å². The van der Waals surface area contributed by atoms with E-state index in [0.29, 0.717) is 41.0 Å². The molecule has 0 spiro atoms. The van der Waals surface area contributed by atoms with Gasteiger partial charge in [-0.25, -0.2) is 8.42 Å². The van der Waals surface area contributed by atoms with Crippen LogP contribution in [0.15, 0.2) is 18.2 Å². The molecule has 9 nitrogen and oxygen atoms in total. The van der Waals surface area contributed by atoms with Gasteiger partial charge in [-0.2, -0.15) is 0 Å². The number of anilines is 1. The van der Waals surface area contributed by atoms with Crippen LogP contribution in [0.4, 0.5) is 5.69 Å². The van der Waals surface area contributed by atoms with Crippen molar-refractivity contribution in [1.82, 2.24) is 14.8 Å². The molecule has 1 aromatic heterocycles. The molecule has 1 fully saturated rings. The van der Waals surface area contributed by atoms with Crippen molar-refractivity contribution >= 4 is 39.0 Å². The maximum atomic E-state index is 13.3. The lowest BCUT2D eigenvalue weighted by Gasteiger charge is -2.32. The van der Waals surface area contributed by atoms with E-state index in [-0.39, 0.29) is 17.6 Å². The zero-order chi connectivity index (χ0) is 24.7. The Labute approximate surface area is 205 Å². The van der Waals surface area contributed by atoms with Gasteiger partial charge in [0, 0.05) is 68.0 Å². The summed E-state index contributed by atoms with van der Waals surface area (Å²) >= 11 is 0. The minimum Gasteiger partial charge on any atom is -0.379 e. The summed E-state index contributed by atoms with van der Waals surface area (Å²) < 4.78 is 28.9. The molecule has 4 heterocycles. The van der Waals surface area contributed by atoms with Crippen LogP contribution in [0.3, 0.4) is 0 Å². The van der Waals surface area contributed by atoms with Crippen LogP contribution < -0.4 is 5.32 Å². The highest BCUT2D eigenvalue weighted by atomic mass is 32.2. The average molecular weight is 499 g/mol. The molecule has 2 N–H and O–H groups in total. The van der Waals surface area contributed by atoms with Gasteiger partial charge in [-0.15, -0.1) is 0 Å². The Bertz CT molecular complexity index is 1320. The van der Waals surface area contributed by atoms with Crippen LogP contribution in [0.5, 0.6) is 0 Å². The number of carbonyl (C=O) groups excluding carboxylic acids is 2. The molecular formula is C25H30N4O5S. The van der Waals surface area contributed by atoms with Crippen molar-refractivity contribution in [2.75, 3.05) is 57.5 Å². The number of hydrogen-bond acceptors (Lipinski definition) is 6. The van der Waals surface area contributed by atoms with Gasteiger partial charge in [0.15, 0.2) is 9.84 Å². The summed E-state index contributed by atoms with van der Waals surface area (Å²) in [5.41, 5.74) is 5.53. The first kappa shape index (κ1) is 23.8. The second-order valence-corrected chi connectivity index (χ2v) is 11.6. The van der Waals surface area contributed by atoms with Crippen LogP contribution in [-0.4, -0.2) is 87.2 Å². The molecule has 2 amide bonds. The lowest BCUT2D eigenvalue weighted by atomic mass is 10.0. The molecule has 10 heteroatoms. The van der Waals surface area contributed by atoms with Gasteiger partial charge < -0.3 is 19.9 Å². The molecular weight excluding hydrogens is 468 g/mol. The number of fused-ring (bicyclic) bond motifs is 2. The number of aromatic nitrogens is 1. The Balaban J connectivity index is 1.39. The van der Waals surface area contributed by atoms with E-state index in [9.17, 15) is 18.0 Å². The summed E-state index contributed by atoms with van der Waals surface area (Å²) in [5.74, 6) is -0.321. The van der Waals surface area contributed by atoms with Crippen molar-refractivity contribution in [3.8, 4) is 0 Å². The summed E-state index contributed by atoms with van der Waals surface area (Å²) in [4.78, 5) is 33.6. The smallest absolute Gasteiger partial charge is 0.256 e. The highest BCUT2D eigenvalue weighted by Crippen LogP contribution is 2.35. The quantitative estimate of drug-likeness (QED) is 0.587. The van der Waals surface area contributed by atoms with Crippen molar-refractivity contribution in [1.29, 1.82) is 0 Å². The van der Waals surface area contributed by atoms with E-state index in [1.54, 1.807) is 24.3 Å². The van der Waals surface area contributed by atoms with Gasteiger partial charge in [-0.05, 0) is 36.3 Å². The molecule has 1 saturated heterocycles. The number of H-pyrrole nitrogens is 1. The first-order chi connectivity index (χ1) is 16.7. The molecule has 0 unspecified atom stereocenters. The fourth-order valence-electron chi connectivity index (χ4n) is 5.02. The van der Waals surface area contributed by atoms with Crippen LogP contribution >= 0.6 is 0 Å². The summed E-state index contributed by atoms with van der Waals surface area (Å²) in [6, 6.07) is 5.19. The molecule has 5 rings (SSSR count). The zero-order valence-corrected chi connectivity index (χ0v) is 20.8. The van der Waals surface area contributed by atoms with Crippen molar-refractivity contribution in [2.45, 2.75) is 19.1 Å². The molecule has 1 aromatic carbocycles. The third kappa shape index (κ3) is 4.91. The van der Waals surface area contributed by atoms with Gasteiger partial charge in [0.25, 0.3) is 11.8 Å². The molecule has 0 bridgehead atoms. The summed E-state index contributed by atoms with van der Waals surface area (Å²) in [6.45, 7) is 7.32. The first-order valence-corrected chi connectivity index (χ1v) is 13.9. The number of morpholine rings is 1. The van der Waals surface area contributed by atoms with E-state index in [1.165, 1.54) is 6.26 Å². The number of rotatable bonds is 6. The van der Waals surface area contributed by atoms with E-state index in [0.717, 1.165) is 56.2 Å². The summed E-state index contributed by atoms with van der Waals surface area (Å²) in [7, 11) is -3.20. The Kier molecular flexibility index (Phi) is 6.29. The monoisotopic (exact) mass is 498 g/mol. The van der Waals surface area contributed by atoms with Gasteiger partial charge in [0.1, 0.15) is 0 Å². The molecule has 3 aliphatic rings. The second-order valence-electron chi connectivity index (χ2n) is 9.48. The standard InChI is InChI=1S/C25H30N4O5S/c1-16-22(14-19-18-13-17(15-35(2,32)33)3-4-20(18)27-24(19)30)26-21-5-6-29(25(31)23(16)21)8-7-28-9-11-34-12-10-28/h3-4,13-14,26H,5-12,15H2,1-2H3,(H,27,30)/b19-14-. The molecule has 186 valence electrons. The number of ether oxygens (including phenoxy) is 1. The van der Waals surface area contributed by atoms with Gasteiger partial charge in [-0.1, -0.05) is 6.07 Å². The Morgan fingerprint density at radius 2 is 1.89 bits per heavy atom. The van der Waals surface area contributed by atoms with Gasteiger partial charge >= 0.3 is 0 Å². The third-order valence-corrected chi connectivity index (χ3v) is 7.73. The zero-order valence-electron chi connectivity index (χ0n) is 20.0. The Morgan fingerprint density at radius 3 is 2.63 bits per heavy atom. The van der Waals surface area contributed by atoms with Crippen molar-refractivity contribution in [3.63, 3.8) is 0 Å². The minimum atomic E-state index is -3.20. The van der Waals surface area contributed by atoms with Crippen LogP contribution in [0.2, 0.25) is 0 Å². The highest BCUT2D eigenvalue weighted by molar-refractivity contribution is 7.89. The van der Waals surface area contributed by atoms with Gasteiger partial charge in [0.2, 0.25) is 0 Å². The minimum absolute atomic E-state index is 0.0182. The SMILES string of the molecule is Cc1c(/C=C2\C(=O)Nc3ccc(CS(C)(=O)=O)cc32)[nH]c2c1C(=O)N(CCN1CCOCC1)CC2. The maximum absolute atomic E-state index is 13.3. The molecule has 0 radical (unpaired) electrons. The van der Waals surface area contributed by atoms with E-state index >= 15 is 0 Å². The van der Waals surface area contributed by atoms with Crippen molar-refractivity contribution in [2.24, 2.45) is 0 Å². The van der Waals surface area contributed by atoms with Crippen LogP contribution in [-0.2, 0) is 31.5 Å². The second kappa shape index (κ2) is 9.25. The molecule has 2 aromatic rings. The normalized spacial score (nSPS) is 19.7. The third-order valence-electron chi connectivity index (χ3n) is 6.87. The van der Waals surface area contributed by atoms with Gasteiger partial charge in [0.05, 0.1) is 30.1 Å². The van der Waals surface area contributed by atoms with Gasteiger partial charge in [-0.3, -0.25) is 14.5 Å². The number of carbonyl (C=O) groups is 2. The van der Waals surface area contributed by atoms with Crippen LogP contribution in [0.25, 0.3) is 11.6 Å². The lowest BCUT2D eigenvalue weighted by molar-refractivity contribution is -0.110. The van der Waals surface area contributed by atoms with Crippen molar-refractivity contribution < 1.29 is 22.7 Å². The predicted octanol–water partition coefficient (Wildman–Crippen LogP) is 1.69. The fraction of sp³-hybridized carbons (Fsp3) is 0.440. The molecule has 3 aliphatic heterocycles. The number of sulfone groups is 1. The van der Waals surface area contributed by atoms with Crippen molar-refractivity contribution in [3.05, 3.63) is 51.8 Å². The molecule has 35 heavy (non-hydrogen) atoms. The number of amides is 2. The number of nitrogens with one attached hydrogen (secondary N) is 2. The number of benzene rings is 1. The summed E-state index contributed by atoms with van der Waals surface area (Å²) in [6.07, 6.45) is 3.69. The summed E-state index contributed by atoms with van der Waals surface area (Å²) in [5, 5.41) is 2.84. The highest BCUT2D eigenvalue weighted by Gasteiger charge is 2.31. The Hall–Kier alpha value is -2.95. The molecule has 0 aliphatic carbocycles. The Morgan fingerprint density at radius 1 is 1.11 bits per heavy atom. The number of aromatic amines is 1. The molecule has 0 atom stereocenters. The molecule has 0 saturated carbocycles. The van der Waals surface area contributed by atoms with E-state index in [1.807, 2.05) is 11.8 Å². The van der Waals surface area contributed by atoms with E-state index in [4.69, 9.17) is 4.74 Å². The first-order valence-electron chi connectivity index (χ1n) is 11.8. The maximum Gasteiger partial charge on any atom is 0.256 e. The predicted molar refractivity (Wildman–Crippen MR) is 134 cm³/mol. The van der Waals surface area contributed by atoms with Crippen LogP contribution in [0, 0.1) is 6.92 Å². The number of hydrogen-bond donors (Lipinski definition) is 2.